The zero-order valence-corrected chi connectivity index (χ0v) is 79.4. The first-order chi connectivity index (χ1) is 64.5. The Hall–Kier alpha value is -7.60. The molecule has 1 aliphatic carbocycles. The molecule has 36 heteroatoms. The average molecular weight is 1930 g/mol. The summed E-state index contributed by atoms with van der Waals surface area (Å²) in [7, 11) is -4.36. The molecule has 21 rings (SSSR count). The van der Waals surface area contributed by atoms with Crippen molar-refractivity contribution < 1.29 is 84.4 Å². The second-order valence-electron chi connectivity index (χ2n) is 40.1. The summed E-state index contributed by atoms with van der Waals surface area (Å²) < 4.78 is 218. The van der Waals surface area contributed by atoms with Crippen molar-refractivity contribution in [1.82, 2.24) is 47.8 Å². The van der Waals surface area contributed by atoms with Gasteiger partial charge in [-0.15, -0.1) is 0 Å². The molecule has 0 radical (unpaired) electrons. The van der Waals surface area contributed by atoms with Crippen LogP contribution in [0.3, 0.4) is 0 Å². The second-order valence-corrected chi connectivity index (χ2v) is 43.9. The van der Waals surface area contributed by atoms with Gasteiger partial charge in [-0.2, -0.15) is 4.31 Å². The van der Waals surface area contributed by atoms with Gasteiger partial charge in [0.2, 0.25) is 20.0 Å². The Kier molecular flexibility index (Phi) is 30.8. The number of likely N-dealkylation sites (N-methyl/N-ethyl adjacent to an activating group) is 1. The van der Waals surface area contributed by atoms with E-state index in [4.69, 9.17) is 52.4 Å². The van der Waals surface area contributed by atoms with Crippen LogP contribution in [-0.2, 0) is 43.7 Å². The van der Waals surface area contributed by atoms with Crippen molar-refractivity contribution in [3.63, 3.8) is 0 Å². The lowest BCUT2D eigenvalue weighted by molar-refractivity contribution is -0.0470. The van der Waals surface area contributed by atoms with E-state index in [9.17, 15) is 60.7 Å². The van der Waals surface area contributed by atoms with E-state index in [1.54, 1.807) is 11.1 Å². The zero-order valence-electron chi connectivity index (χ0n) is 77.8. The maximum atomic E-state index is 14.2. The molecule has 1 saturated carbocycles. The Morgan fingerprint density at radius 1 is 0.356 bits per heavy atom. The molecule has 5 aromatic carbocycles. The van der Waals surface area contributed by atoms with E-state index >= 15 is 0 Å². The van der Waals surface area contributed by atoms with Gasteiger partial charge in [-0.05, 0) is 241 Å². The summed E-state index contributed by atoms with van der Waals surface area (Å²) in [6.45, 7) is 20.5. The number of nitrogens with zero attached hydrogens (tertiary/aromatic N) is 10. The SMILES string of the molecule is CC(C)N1CCCC2=C1CN([C@H]1CO[C@H](c3cc(F)ccc3F)[C@@H](N)C1)C2.CN1CCCC2=C1CN([C@H]1CO[C@H](c3cc(F)ccc3F)[C@@H](N)C1)C2.CS(=O)(=O)N1CC2=C(C1)N([C@H]1CO[C@H](c3cc(F)ccc3F)[C@@H](N)C1)CC2.CS(=O)(=O)N1CCCC2=C1CN([C@H]1CO[C@H](c3cc(F)ccc3F)[C@@H](N)C1)C2.N[C@H]1C[C@@H](N2CC3=C(C2)N(CC2CC2)CCC3)CO[C@@H]1c1cc(F)ccc1F. The average Bonchev–Trinajstić information content (AvgIpc) is 1.63. The molecule has 0 aromatic heterocycles. The Labute approximate surface area is 786 Å². The molecular formula is C99H131F10N15O9S2. The molecule has 0 amide bonds. The van der Waals surface area contributed by atoms with Crippen LogP contribution in [0.2, 0.25) is 0 Å². The highest BCUT2D eigenvalue weighted by Crippen LogP contribution is 2.45. The van der Waals surface area contributed by atoms with Gasteiger partial charge in [-0.25, -0.2) is 60.7 Å². The van der Waals surface area contributed by atoms with Crippen molar-refractivity contribution >= 4 is 20.0 Å². The highest BCUT2D eigenvalue weighted by atomic mass is 32.2. The van der Waals surface area contributed by atoms with Gasteiger partial charge in [0.25, 0.3) is 0 Å². The third kappa shape index (κ3) is 22.6. The first kappa shape index (κ1) is 99.0. The number of hydrogen-bond donors (Lipinski definition) is 5. The highest BCUT2D eigenvalue weighted by molar-refractivity contribution is 7.88. The van der Waals surface area contributed by atoms with Crippen LogP contribution >= 0.6 is 0 Å². The molecule has 24 nitrogen and oxygen atoms in total. The smallest absolute Gasteiger partial charge is 0.232 e. The predicted molar refractivity (Wildman–Crippen MR) is 494 cm³/mol. The number of halogens is 10. The maximum absolute atomic E-state index is 14.2. The van der Waals surface area contributed by atoms with Crippen LogP contribution < -0.4 is 28.7 Å². The zero-order chi connectivity index (χ0) is 95.3. The summed E-state index contributed by atoms with van der Waals surface area (Å²) in [6, 6.07) is 16.2. The normalized spacial score (nSPS) is 30.1. The van der Waals surface area contributed by atoms with Crippen molar-refractivity contribution in [3.05, 3.63) is 233 Å². The minimum absolute atomic E-state index is 0.000111. The molecule has 15 aliphatic heterocycles. The van der Waals surface area contributed by atoms with Gasteiger partial charge in [-0.3, -0.25) is 23.9 Å². The summed E-state index contributed by atoms with van der Waals surface area (Å²) in [5.74, 6) is -3.95. The van der Waals surface area contributed by atoms with E-state index in [0.29, 0.717) is 84.6 Å². The summed E-state index contributed by atoms with van der Waals surface area (Å²) in [5.41, 5.74) is 45.8. The van der Waals surface area contributed by atoms with Gasteiger partial charge in [0.15, 0.2) is 0 Å². The lowest BCUT2D eigenvalue weighted by atomic mass is 9.93. The molecule has 0 spiro atoms. The molecule has 15 heterocycles. The Bertz CT molecular complexity index is 5550. The van der Waals surface area contributed by atoms with Gasteiger partial charge in [0, 0.05) is 222 Å². The minimum atomic E-state index is -3.28. The number of sulfonamides is 2. The van der Waals surface area contributed by atoms with E-state index < -0.39 is 121 Å². The molecule has 0 unspecified atom stereocenters. The fourth-order valence-electron chi connectivity index (χ4n) is 23.1. The lowest BCUT2D eigenvalue weighted by Gasteiger charge is -2.40. The molecule has 15 atom stereocenters. The molecule has 5 saturated heterocycles. The van der Waals surface area contributed by atoms with E-state index in [1.807, 2.05) is 0 Å². The molecule has 5 aromatic rings. The Balaban J connectivity index is 0.000000117. The van der Waals surface area contributed by atoms with E-state index in [0.717, 1.165) is 199 Å². The minimum Gasteiger partial charge on any atom is -0.377 e. The van der Waals surface area contributed by atoms with E-state index in [-0.39, 0.29) is 76.2 Å². The van der Waals surface area contributed by atoms with Gasteiger partial charge >= 0.3 is 0 Å². The summed E-state index contributed by atoms with van der Waals surface area (Å²) in [6.07, 6.45) is 15.2. The van der Waals surface area contributed by atoms with Crippen LogP contribution in [0, 0.1) is 64.1 Å². The van der Waals surface area contributed by atoms with Gasteiger partial charge in [0.05, 0.1) is 58.1 Å². The molecule has 6 fully saturated rings. The number of ether oxygens (including phenoxy) is 5. The van der Waals surface area contributed by atoms with Crippen LogP contribution in [0.5, 0.6) is 0 Å². The predicted octanol–water partition coefficient (Wildman–Crippen LogP) is 11.9. The third-order valence-corrected chi connectivity index (χ3v) is 32.7. The first-order valence-electron chi connectivity index (χ1n) is 48.1. The standard InChI is InChI=1S/C22H29F2N3O.C21H29F2N3O.C19H25F2N3O3S.C19H25F2N3O.C18H23F2N3O3S/c23-16-5-6-19(24)18(8-16)22-20(25)9-17(13-28-22)27-11-15-2-1-7-26(21(15)12-27)10-14-3-4-14;1-13(2)26-7-3-4-14-10-25(11-20(14)26)16-9-19(24)21(27-12-16)17-8-15(22)5-6-18(17)23;1-28(25,26)24-6-2-3-12-9-23(10-18(12)24)14-8-17(22)19(27-11-14)15-7-13(20)4-5-16(15)21;1-23-6-2-3-12-9-24(10-18(12)23)14-8-17(22)19(25-11-14)15-7-13(20)4-5-16(15)21;1-27(24,25)22-8-11-4-5-23(17(11)9-22)13-7-16(21)18(26-10-13)14-6-12(19)2-3-15(14)20/h5-6,8,14,17,20,22H,1-4,7,9-13,25H2;5-6,8,13,16,19,21H,3-4,7,9-12,24H2,1-2H3;4-5,7,14,17,19H,2-3,6,8-11,22H2,1H3;4-5,7,14,17,19H,2-3,6,8-11,22H2,1H3;2-3,6,13,16,18H,4-5,7-10,21H2,1H3/t17-,20+,22-;16-,19+,21-;2*14-,17+,19-;13-,16+,18-/m11111/s1. The van der Waals surface area contributed by atoms with Crippen LogP contribution in [-0.4, -0.2) is 288 Å². The van der Waals surface area contributed by atoms with Crippen molar-refractivity contribution in [2.45, 2.75) is 214 Å². The van der Waals surface area contributed by atoms with Crippen molar-refractivity contribution in [2.75, 3.05) is 157 Å². The highest BCUT2D eigenvalue weighted by Gasteiger charge is 2.47. The van der Waals surface area contributed by atoms with Crippen molar-refractivity contribution in [2.24, 2.45) is 34.6 Å². The molecule has 16 aliphatic rings. The number of rotatable bonds is 15. The van der Waals surface area contributed by atoms with Crippen LogP contribution in [0.25, 0.3) is 0 Å². The fraction of sp³-hybridized carbons (Fsp3) is 0.596. The third-order valence-electron chi connectivity index (χ3n) is 30.3. The molecule has 10 N–H and O–H groups in total. The Morgan fingerprint density at radius 3 is 1.05 bits per heavy atom. The quantitative estimate of drug-likeness (QED) is 0.0609. The maximum Gasteiger partial charge on any atom is 0.232 e. The number of benzene rings is 5. The van der Waals surface area contributed by atoms with Gasteiger partial charge in [0.1, 0.15) is 88.7 Å². The van der Waals surface area contributed by atoms with E-state index in [1.165, 1.54) is 126 Å². The van der Waals surface area contributed by atoms with Crippen LogP contribution in [0.15, 0.2) is 147 Å². The molecule has 738 valence electrons. The van der Waals surface area contributed by atoms with Crippen LogP contribution in [0.1, 0.15) is 175 Å². The fourth-order valence-corrected chi connectivity index (χ4v) is 24.9. The number of hydrogen-bond acceptors (Lipinski definition) is 22. The largest absolute Gasteiger partial charge is 0.377 e. The van der Waals surface area contributed by atoms with Crippen molar-refractivity contribution in [3.8, 4) is 0 Å². The first-order valence-corrected chi connectivity index (χ1v) is 51.8. The Morgan fingerprint density at radius 2 is 0.681 bits per heavy atom. The summed E-state index contributed by atoms with van der Waals surface area (Å²) in [5, 5.41) is 0. The molecule has 0 bridgehead atoms. The second kappa shape index (κ2) is 42.1. The van der Waals surface area contributed by atoms with Gasteiger partial charge < -0.3 is 72.0 Å². The summed E-state index contributed by atoms with van der Waals surface area (Å²) in [4.78, 5) is 19.2. The number of nitrogens with two attached hydrogens (primary N) is 5. The monoisotopic (exact) mass is 1930 g/mol. The topological polar surface area (TPSA) is 277 Å². The van der Waals surface area contributed by atoms with Gasteiger partial charge in [-0.1, -0.05) is 0 Å². The lowest BCUT2D eigenvalue weighted by Crippen LogP contribution is -2.49. The van der Waals surface area contributed by atoms with Crippen LogP contribution in [0.4, 0.5) is 43.9 Å². The molecular weight excluding hydrogens is 1800 g/mol. The molecule has 135 heavy (non-hydrogen) atoms. The van der Waals surface area contributed by atoms with E-state index in [2.05, 4.69) is 60.1 Å². The summed E-state index contributed by atoms with van der Waals surface area (Å²) >= 11 is 0. The van der Waals surface area contributed by atoms with Crippen molar-refractivity contribution in [1.29, 1.82) is 0 Å².